The molecule has 12 heteroatoms. The third-order valence-electron chi connectivity index (χ3n) is 7.20. The van der Waals surface area contributed by atoms with E-state index in [1.165, 1.54) is 0 Å². The number of aromatic nitrogens is 3. The number of carbonyl (C=O) groups is 2. The largest absolute Gasteiger partial charge is 0.419 e. The van der Waals surface area contributed by atoms with Gasteiger partial charge in [0.05, 0.1) is 5.56 Å². The van der Waals surface area contributed by atoms with E-state index >= 15 is 0 Å². The molecule has 2 aliphatic heterocycles. The number of piperazine rings is 1. The van der Waals surface area contributed by atoms with Gasteiger partial charge in [-0.3, -0.25) is 4.79 Å². The molecule has 0 unspecified atom stereocenters. The van der Waals surface area contributed by atoms with Crippen LogP contribution in [0.3, 0.4) is 0 Å². The van der Waals surface area contributed by atoms with E-state index in [9.17, 15) is 22.8 Å². The highest BCUT2D eigenvalue weighted by atomic mass is 19.4. The van der Waals surface area contributed by atoms with Crippen molar-refractivity contribution in [2.24, 2.45) is 11.7 Å². The average Bonchev–Trinajstić information content (AvgIpc) is 3.30. The summed E-state index contributed by atoms with van der Waals surface area (Å²) in [5.41, 5.74) is 6.01. The van der Waals surface area contributed by atoms with Gasteiger partial charge in [-0.1, -0.05) is 6.07 Å². The van der Waals surface area contributed by atoms with Crippen molar-refractivity contribution in [3.8, 4) is 0 Å². The highest BCUT2D eigenvalue weighted by Crippen LogP contribution is 2.29. The third kappa shape index (κ3) is 5.32. The fraction of sp³-hybridized carbons (Fsp3) is 0.440. The normalized spacial score (nSPS) is 17.4. The molecule has 0 aliphatic carbocycles. The van der Waals surface area contributed by atoms with E-state index in [2.05, 4.69) is 14.5 Å². The highest BCUT2D eigenvalue weighted by molar-refractivity contribution is 5.97. The first-order valence-corrected chi connectivity index (χ1v) is 12.3. The van der Waals surface area contributed by atoms with E-state index in [-0.39, 0.29) is 12.0 Å². The Morgan fingerprint density at radius 2 is 1.59 bits per heavy atom. The Morgan fingerprint density at radius 1 is 0.946 bits per heavy atom. The SMILES string of the molecule is NC(=O)c1ccc2ccn(CC3CCN(C(=O)N4CCN(c5ncc(C(F)(F)F)cn5)CC4)CC3)c2c1. The number of likely N-dealkylation sites (tertiary alicyclic amines) is 1. The lowest BCUT2D eigenvalue weighted by molar-refractivity contribution is -0.138. The molecule has 2 aliphatic rings. The quantitative estimate of drug-likeness (QED) is 0.575. The van der Waals surface area contributed by atoms with Gasteiger partial charge in [0.2, 0.25) is 11.9 Å². The number of anilines is 1. The first-order chi connectivity index (χ1) is 17.7. The van der Waals surface area contributed by atoms with E-state index in [1.54, 1.807) is 15.9 Å². The second-order valence-corrected chi connectivity index (χ2v) is 9.56. The number of piperidine rings is 1. The van der Waals surface area contributed by atoms with E-state index in [1.807, 2.05) is 29.3 Å². The van der Waals surface area contributed by atoms with Gasteiger partial charge in [0, 0.05) is 75.5 Å². The summed E-state index contributed by atoms with van der Waals surface area (Å²) in [7, 11) is 0. The third-order valence-corrected chi connectivity index (χ3v) is 7.20. The van der Waals surface area contributed by atoms with Gasteiger partial charge >= 0.3 is 12.2 Å². The van der Waals surface area contributed by atoms with Crippen LogP contribution in [0.1, 0.15) is 28.8 Å². The van der Waals surface area contributed by atoms with Crippen LogP contribution in [-0.4, -0.2) is 75.5 Å². The van der Waals surface area contributed by atoms with Crippen LogP contribution in [0.2, 0.25) is 0 Å². The van der Waals surface area contributed by atoms with Gasteiger partial charge in [0.25, 0.3) is 0 Å². The molecule has 4 heterocycles. The van der Waals surface area contributed by atoms with Crippen LogP contribution in [-0.2, 0) is 12.7 Å². The van der Waals surface area contributed by atoms with Gasteiger partial charge in [-0.05, 0) is 42.3 Å². The van der Waals surface area contributed by atoms with Gasteiger partial charge in [-0.25, -0.2) is 14.8 Å². The zero-order valence-corrected chi connectivity index (χ0v) is 20.2. The first kappa shape index (κ1) is 24.8. The summed E-state index contributed by atoms with van der Waals surface area (Å²) < 4.78 is 40.4. The average molecular weight is 516 g/mol. The maximum atomic E-state index is 13.1. The number of rotatable bonds is 4. The molecule has 2 aromatic heterocycles. The Morgan fingerprint density at radius 3 is 2.22 bits per heavy atom. The Labute approximate surface area is 211 Å². The van der Waals surface area contributed by atoms with Gasteiger partial charge in [0.15, 0.2) is 0 Å². The second kappa shape index (κ2) is 9.91. The van der Waals surface area contributed by atoms with Crippen LogP contribution in [0.5, 0.6) is 0 Å². The van der Waals surface area contributed by atoms with Crippen LogP contribution >= 0.6 is 0 Å². The molecule has 1 aromatic carbocycles. The van der Waals surface area contributed by atoms with Crippen molar-refractivity contribution in [2.45, 2.75) is 25.6 Å². The maximum Gasteiger partial charge on any atom is 0.419 e. The summed E-state index contributed by atoms with van der Waals surface area (Å²) >= 11 is 0. The molecule has 0 saturated carbocycles. The Bertz CT molecular complexity index is 1280. The molecule has 0 bridgehead atoms. The van der Waals surface area contributed by atoms with Crippen LogP contribution in [0.15, 0.2) is 42.9 Å². The molecule has 196 valence electrons. The first-order valence-electron chi connectivity index (χ1n) is 12.3. The maximum absolute atomic E-state index is 13.1. The fourth-order valence-corrected chi connectivity index (χ4v) is 5.01. The van der Waals surface area contributed by atoms with Gasteiger partial charge in [-0.15, -0.1) is 0 Å². The van der Waals surface area contributed by atoms with Crippen molar-refractivity contribution >= 4 is 28.8 Å². The number of amides is 3. The lowest BCUT2D eigenvalue weighted by Crippen LogP contribution is -2.54. The predicted molar refractivity (Wildman–Crippen MR) is 131 cm³/mol. The van der Waals surface area contributed by atoms with Crippen molar-refractivity contribution in [2.75, 3.05) is 44.2 Å². The summed E-state index contributed by atoms with van der Waals surface area (Å²) in [5, 5.41) is 1.05. The number of fused-ring (bicyclic) bond motifs is 1. The molecule has 0 atom stereocenters. The van der Waals surface area contributed by atoms with Crippen molar-refractivity contribution in [1.82, 2.24) is 24.3 Å². The van der Waals surface area contributed by atoms with Crippen LogP contribution in [0, 0.1) is 5.92 Å². The molecule has 2 N–H and O–H groups in total. The minimum Gasteiger partial charge on any atom is -0.366 e. The van der Waals surface area contributed by atoms with Gasteiger partial charge < -0.3 is 25.0 Å². The lowest BCUT2D eigenvalue weighted by Gasteiger charge is -2.39. The smallest absolute Gasteiger partial charge is 0.366 e. The van der Waals surface area contributed by atoms with Crippen LogP contribution in [0.4, 0.5) is 23.9 Å². The number of urea groups is 1. The lowest BCUT2D eigenvalue weighted by atomic mass is 9.96. The minimum absolute atomic E-state index is 0.0102. The number of carbonyl (C=O) groups excluding carboxylic acids is 2. The summed E-state index contributed by atoms with van der Waals surface area (Å²) in [5.74, 6) is 0.195. The Kier molecular flexibility index (Phi) is 6.65. The molecular formula is C25H28F3N7O2. The fourth-order valence-electron chi connectivity index (χ4n) is 5.01. The molecular weight excluding hydrogens is 487 g/mol. The predicted octanol–water partition coefficient (Wildman–Crippen LogP) is 3.20. The molecule has 0 spiro atoms. The molecule has 2 fully saturated rings. The molecule has 3 aromatic rings. The summed E-state index contributed by atoms with van der Waals surface area (Å²) in [6.45, 7) is 3.97. The number of primary amides is 1. The number of halogens is 3. The van der Waals surface area contributed by atoms with E-state index < -0.39 is 17.6 Å². The van der Waals surface area contributed by atoms with Gasteiger partial charge in [0.1, 0.15) is 0 Å². The number of nitrogens with two attached hydrogens (primary N) is 1. The highest BCUT2D eigenvalue weighted by Gasteiger charge is 2.32. The van der Waals surface area contributed by atoms with Crippen molar-refractivity contribution in [3.05, 3.63) is 54.0 Å². The summed E-state index contributed by atoms with van der Waals surface area (Å²) in [6, 6.07) is 7.47. The van der Waals surface area contributed by atoms with E-state index in [0.29, 0.717) is 50.7 Å². The zero-order chi connectivity index (χ0) is 26.2. The van der Waals surface area contributed by atoms with Gasteiger partial charge in [-0.2, -0.15) is 13.2 Å². The monoisotopic (exact) mass is 515 g/mol. The van der Waals surface area contributed by atoms with Crippen LogP contribution in [0.25, 0.3) is 10.9 Å². The number of alkyl halides is 3. The summed E-state index contributed by atoms with van der Waals surface area (Å²) in [6.07, 6.45) is 0.878. The second-order valence-electron chi connectivity index (χ2n) is 9.56. The number of hydrogen-bond donors (Lipinski definition) is 1. The molecule has 9 nitrogen and oxygen atoms in total. The zero-order valence-electron chi connectivity index (χ0n) is 20.2. The van der Waals surface area contributed by atoms with Crippen LogP contribution < -0.4 is 10.6 Å². The van der Waals surface area contributed by atoms with Crippen molar-refractivity contribution < 1.29 is 22.8 Å². The Balaban J connectivity index is 1.12. The molecule has 3 amide bonds. The Hall–Kier alpha value is -3.83. The van der Waals surface area contributed by atoms with Crippen molar-refractivity contribution in [1.29, 1.82) is 0 Å². The molecule has 37 heavy (non-hydrogen) atoms. The molecule has 2 saturated heterocycles. The topological polar surface area (TPSA) is 101 Å². The van der Waals surface area contributed by atoms with E-state index in [0.717, 1.165) is 42.7 Å². The number of benzene rings is 1. The number of hydrogen-bond acceptors (Lipinski definition) is 5. The standard InChI is InChI=1S/C25H28F3N7O2/c26-25(27,28)20-14-30-23(31-15-20)32-9-11-34(12-10-32)24(37)33-6-3-17(4-7-33)16-35-8-5-18-1-2-19(22(29)36)13-21(18)35/h1-2,5,8,13-15,17H,3-4,6-7,9-12,16H2,(H2,29,36). The van der Waals surface area contributed by atoms with E-state index in [4.69, 9.17) is 5.73 Å². The summed E-state index contributed by atoms with van der Waals surface area (Å²) in [4.78, 5) is 37.8. The minimum atomic E-state index is -4.47. The molecule has 5 rings (SSSR count). The van der Waals surface area contributed by atoms with Crippen molar-refractivity contribution in [3.63, 3.8) is 0 Å². The molecule has 0 radical (unpaired) electrons. The number of nitrogens with zero attached hydrogens (tertiary/aromatic N) is 6.